The zero-order valence-corrected chi connectivity index (χ0v) is 30.4. The Hall–Kier alpha value is -6.64. The fourth-order valence-electron chi connectivity index (χ4n) is 8.08. The third-order valence-corrected chi connectivity index (χ3v) is 14.2. The first kappa shape index (κ1) is 32.0. The average Bonchev–Trinajstić information content (AvgIpc) is 3.66. The maximum Gasteiger partial charge on any atom is 0.164 e. The molecule has 0 spiro atoms. The Balaban J connectivity index is 1.10. The van der Waals surface area contributed by atoms with Crippen LogP contribution in [-0.4, -0.2) is 32.6 Å². The van der Waals surface area contributed by atoms with Crippen molar-refractivity contribution in [1.82, 2.24) is 24.5 Å². The van der Waals surface area contributed by atoms with E-state index in [1.807, 2.05) is 18.3 Å². The van der Waals surface area contributed by atoms with Gasteiger partial charge in [0.25, 0.3) is 0 Å². The molecule has 9 aromatic rings. The summed E-state index contributed by atoms with van der Waals surface area (Å²) in [5.74, 6) is 0.546. The van der Waals surface area contributed by atoms with E-state index in [2.05, 4.69) is 103 Å². The summed E-state index contributed by atoms with van der Waals surface area (Å²) >= 11 is 0. The van der Waals surface area contributed by atoms with E-state index < -0.39 is 8.07 Å². The highest BCUT2D eigenvalue weighted by atomic mass is 28.3. The number of aromatic nitrogens is 5. The van der Waals surface area contributed by atoms with E-state index in [0.29, 0.717) is 28.6 Å². The molecule has 54 heavy (non-hydrogen) atoms. The Labute approximate surface area is 311 Å². The predicted molar refractivity (Wildman–Crippen MR) is 216 cm³/mol. The maximum absolute atomic E-state index is 13.9. The Morgan fingerprint density at radius 1 is 0.500 bits per heavy atom. The maximum atomic E-state index is 13.9. The molecule has 0 bridgehead atoms. The third kappa shape index (κ3) is 5.09. The second-order valence-corrected chi connectivity index (χ2v) is 18.5. The molecular weight excluding hydrogens is 689 g/mol. The second-order valence-electron chi connectivity index (χ2n) is 14.2. The Morgan fingerprint density at radius 3 is 1.67 bits per heavy atom. The first-order chi connectivity index (χ1) is 26.3. The molecule has 0 atom stereocenters. The second kappa shape index (κ2) is 12.2. The van der Waals surface area contributed by atoms with Crippen LogP contribution in [0.1, 0.15) is 0 Å². The Bertz CT molecular complexity index is 2820. The van der Waals surface area contributed by atoms with Gasteiger partial charge in [-0.3, -0.25) is 4.98 Å². The van der Waals surface area contributed by atoms with E-state index in [1.54, 1.807) is 24.3 Å². The van der Waals surface area contributed by atoms with Crippen molar-refractivity contribution < 1.29 is 8.78 Å². The molecular formula is C46H31F2N5Si. The molecule has 0 aliphatic carbocycles. The molecule has 5 nitrogen and oxygen atoms in total. The van der Waals surface area contributed by atoms with E-state index >= 15 is 0 Å². The minimum atomic E-state index is -2.21. The van der Waals surface area contributed by atoms with Crippen LogP contribution in [0.15, 0.2) is 152 Å². The van der Waals surface area contributed by atoms with Crippen molar-refractivity contribution in [3.05, 3.63) is 163 Å². The molecule has 1 aliphatic rings. The lowest BCUT2D eigenvalue weighted by molar-refractivity contribution is 0.627. The van der Waals surface area contributed by atoms with Crippen molar-refractivity contribution in [2.24, 2.45) is 0 Å². The van der Waals surface area contributed by atoms with Gasteiger partial charge in [-0.1, -0.05) is 73.8 Å². The molecule has 1 aliphatic heterocycles. The normalized spacial score (nSPS) is 13.0. The number of pyridine rings is 1. The highest BCUT2D eigenvalue weighted by Gasteiger charge is 2.40. The van der Waals surface area contributed by atoms with Crippen LogP contribution < -0.4 is 10.4 Å². The molecule has 6 aromatic carbocycles. The topological polar surface area (TPSA) is 56.5 Å². The summed E-state index contributed by atoms with van der Waals surface area (Å²) in [4.78, 5) is 19.5. The van der Waals surface area contributed by atoms with Crippen LogP contribution in [0.5, 0.6) is 0 Å². The number of halogens is 2. The quantitative estimate of drug-likeness (QED) is 0.166. The van der Waals surface area contributed by atoms with E-state index in [-0.39, 0.29) is 11.6 Å². The molecule has 0 N–H and O–H groups in total. The average molecular weight is 720 g/mol. The number of benzene rings is 6. The van der Waals surface area contributed by atoms with E-state index in [1.165, 1.54) is 67.6 Å². The summed E-state index contributed by atoms with van der Waals surface area (Å²) in [5.41, 5.74) is 9.97. The number of para-hydroxylation sites is 2. The van der Waals surface area contributed by atoms with Gasteiger partial charge in [0.1, 0.15) is 19.7 Å². The van der Waals surface area contributed by atoms with Crippen molar-refractivity contribution in [2.45, 2.75) is 13.1 Å². The van der Waals surface area contributed by atoms with Gasteiger partial charge in [-0.05, 0) is 106 Å². The van der Waals surface area contributed by atoms with Gasteiger partial charge in [-0.15, -0.1) is 0 Å². The molecule has 0 unspecified atom stereocenters. The summed E-state index contributed by atoms with van der Waals surface area (Å²) in [6.45, 7) is 4.81. The highest BCUT2D eigenvalue weighted by molar-refractivity contribution is 7.04. The van der Waals surface area contributed by atoms with E-state index in [9.17, 15) is 8.78 Å². The minimum Gasteiger partial charge on any atom is -0.309 e. The summed E-state index contributed by atoms with van der Waals surface area (Å²) in [6.07, 6.45) is 1.91. The lowest BCUT2D eigenvalue weighted by Gasteiger charge is -2.22. The molecule has 0 radical (unpaired) electrons. The lowest BCUT2D eigenvalue weighted by Crippen LogP contribution is -2.50. The zero-order valence-electron chi connectivity index (χ0n) is 29.4. The molecule has 0 saturated carbocycles. The summed E-state index contributed by atoms with van der Waals surface area (Å²) in [7, 11) is -2.21. The molecule has 10 rings (SSSR count). The van der Waals surface area contributed by atoms with Crippen molar-refractivity contribution in [1.29, 1.82) is 0 Å². The molecule has 0 fully saturated rings. The van der Waals surface area contributed by atoms with Crippen LogP contribution in [-0.2, 0) is 0 Å². The third-order valence-electron chi connectivity index (χ3n) is 10.6. The van der Waals surface area contributed by atoms with Crippen LogP contribution in [0.4, 0.5) is 8.78 Å². The molecule has 0 saturated heterocycles. The summed E-state index contributed by atoms with van der Waals surface area (Å²) in [5, 5.41) is 5.16. The van der Waals surface area contributed by atoms with E-state index in [0.717, 1.165) is 22.5 Å². The van der Waals surface area contributed by atoms with Crippen LogP contribution in [0.25, 0.3) is 84.0 Å². The first-order valence-corrected chi connectivity index (χ1v) is 20.9. The van der Waals surface area contributed by atoms with Gasteiger partial charge in [0, 0.05) is 44.9 Å². The van der Waals surface area contributed by atoms with Crippen molar-refractivity contribution >= 4 is 40.3 Å². The largest absolute Gasteiger partial charge is 0.309 e. The van der Waals surface area contributed by atoms with Crippen molar-refractivity contribution in [3.8, 4) is 62.2 Å². The first-order valence-electron chi connectivity index (χ1n) is 17.9. The van der Waals surface area contributed by atoms with Crippen LogP contribution >= 0.6 is 0 Å². The van der Waals surface area contributed by atoms with E-state index in [4.69, 9.17) is 19.9 Å². The highest BCUT2D eigenvalue weighted by Crippen LogP contribution is 2.37. The monoisotopic (exact) mass is 719 g/mol. The van der Waals surface area contributed by atoms with Crippen LogP contribution in [0.2, 0.25) is 13.1 Å². The van der Waals surface area contributed by atoms with Crippen molar-refractivity contribution in [2.75, 3.05) is 0 Å². The van der Waals surface area contributed by atoms with Gasteiger partial charge in [-0.25, -0.2) is 23.7 Å². The Kier molecular flexibility index (Phi) is 7.25. The van der Waals surface area contributed by atoms with Gasteiger partial charge in [0.15, 0.2) is 17.5 Å². The number of rotatable bonds is 5. The standard InChI is InChI=1S/C46H31F2N5Si/c1-54(2)41-23-22-34(53-39-12-5-3-10-35(39)36-11-4-6-13-40(36)53)27-38(41)37-24-25-49-42(43(37)54)30-8-7-9-31(26-30)46-51-44(28-14-18-32(47)19-15-28)50-45(52-46)29-16-20-33(48)21-17-29/h3-27H,1-2H3. The number of hydrogen-bond donors (Lipinski definition) is 0. The SMILES string of the molecule is C[Si]1(C)c2ccc(-n3c4ccccc4c4ccccc43)cc2-c2ccnc(-c3cccc(-c4nc(-c5ccc(F)cc5)nc(-c5ccc(F)cc5)n4)c3)c21. The smallest absolute Gasteiger partial charge is 0.164 e. The molecule has 258 valence electrons. The van der Waals surface area contributed by atoms with Gasteiger partial charge < -0.3 is 4.57 Å². The molecule has 4 heterocycles. The number of hydrogen-bond acceptors (Lipinski definition) is 4. The molecule has 0 amide bonds. The van der Waals surface area contributed by atoms with Crippen LogP contribution in [0.3, 0.4) is 0 Å². The zero-order chi connectivity index (χ0) is 36.6. The van der Waals surface area contributed by atoms with Crippen molar-refractivity contribution in [3.63, 3.8) is 0 Å². The van der Waals surface area contributed by atoms with Gasteiger partial charge >= 0.3 is 0 Å². The lowest BCUT2D eigenvalue weighted by atomic mass is 10.0. The fourth-order valence-corrected chi connectivity index (χ4v) is 11.4. The fraction of sp³-hybridized carbons (Fsp3) is 0.0435. The van der Waals surface area contributed by atoms with Gasteiger partial charge in [0.2, 0.25) is 0 Å². The number of nitrogens with zero attached hydrogens (tertiary/aromatic N) is 5. The molecule has 3 aromatic heterocycles. The van der Waals surface area contributed by atoms with Gasteiger partial charge in [0.05, 0.1) is 16.7 Å². The predicted octanol–water partition coefficient (Wildman–Crippen LogP) is 10.1. The van der Waals surface area contributed by atoms with Gasteiger partial charge in [-0.2, -0.15) is 0 Å². The summed E-state index contributed by atoms with van der Waals surface area (Å²) < 4.78 is 30.1. The Morgan fingerprint density at radius 2 is 1.06 bits per heavy atom. The summed E-state index contributed by atoms with van der Waals surface area (Å²) in [6, 6.07) is 46.6. The molecule has 8 heteroatoms. The minimum absolute atomic E-state index is 0.348. The van der Waals surface area contributed by atoms with Crippen LogP contribution in [0, 0.1) is 11.6 Å². The number of fused-ring (bicyclic) bond motifs is 6.